The van der Waals surface area contributed by atoms with Crippen LogP contribution in [-0.2, 0) is 6.42 Å². The third-order valence-electron chi connectivity index (χ3n) is 2.73. The summed E-state index contributed by atoms with van der Waals surface area (Å²) in [6, 6.07) is 6.49. The lowest BCUT2D eigenvalue weighted by molar-refractivity contribution is 0.624. The molecule has 1 aromatic carbocycles. The van der Waals surface area contributed by atoms with Gasteiger partial charge in [-0.2, -0.15) is 0 Å². The fourth-order valence-electron chi connectivity index (χ4n) is 1.79. The lowest BCUT2D eigenvalue weighted by Crippen LogP contribution is -2.13. The normalized spacial score (nSPS) is 12.7. The van der Waals surface area contributed by atoms with Crippen molar-refractivity contribution in [3.8, 4) is 0 Å². The van der Waals surface area contributed by atoms with E-state index in [1.807, 2.05) is 18.4 Å². The van der Waals surface area contributed by atoms with Crippen LogP contribution in [0, 0.1) is 12.7 Å². The molecule has 0 bridgehead atoms. The Bertz CT molecular complexity index is 524. The Labute approximate surface area is 109 Å². The topological polar surface area (TPSA) is 26.0 Å². The van der Waals surface area contributed by atoms with Crippen LogP contribution in [0.5, 0.6) is 0 Å². The average Bonchev–Trinajstić information content (AvgIpc) is 2.68. The van der Waals surface area contributed by atoms with Gasteiger partial charge in [0.15, 0.2) is 0 Å². The molecule has 0 spiro atoms. The molecular weight excluding hydrogens is 257 g/mol. The van der Waals surface area contributed by atoms with Crippen LogP contribution in [-0.4, -0.2) is 0 Å². The Balaban J connectivity index is 2.19. The molecule has 1 heterocycles. The molecule has 1 atom stereocenters. The SMILES string of the molecule is Cc1cc(F)ccc1CC(N)c1sccc1Cl. The summed E-state index contributed by atoms with van der Waals surface area (Å²) in [5.74, 6) is -0.214. The smallest absolute Gasteiger partial charge is 0.123 e. The first-order valence-electron chi connectivity index (χ1n) is 5.31. The molecule has 0 saturated carbocycles. The minimum atomic E-state index is -0.214. The van der Waals surface area contributed by atoms with Crippen LogP contribution in [0.25, 0.3) is 0 Å². The molecule has 0 amide bonds. The summed E-state index contributed by atoms with van der Waals surface area (Å²) in [7, 11) is 0. The van der Waals surface area contributed by atoms with Gasteiger partial charge < -0.3 is 5.73 Å². The highest BCUT2D eigenvalue weighted by Gasteiger charge is 2.13. The van der Waals surface area contributed by atoms with Crippen molar-refractivity contribution in [1.29, 1.82) is 0 Å². The molecule has 17 heavy (non-hydrogen) atoms. The summed E-state index contributed by atoms with van der Waals surface area (Å²) in [4.78, 5) is 0.982. The summed E-state index contributed by atoms with van der Waals surface area (Å²) in [5.41, 5.74) is 8.09. The number of aryl methyl sites for hydroxylation is 1. The fraction of sp³-hybridized carbons (Fsp3) is 0.231. The number of hydrogen-bond donors (Lipinski definition) is 1. The lowest BCUT2D eigenvalue weighted by atomic mass is 10.0. The number of thiophene rings is 1. The molecule has 0 saturated heterocycles. The molecule has 2 rings (SSSR count). The van der Waals surface area contributed by atoms with Gasteiger partial charge in [0.2, 0.25) is 0 Å². The number of nitrogens with two attached hydrogens (primary N) is 1. The maximum atomic E-state index is 13.0. The van der Waals surface area contributed by atoms with Gasteiger partial charge in [-0.1, -0.05) is 17.7 Å². The fourth-order valence-corrected chi connectivity index (χ4v) is 2.99. The van der Waals surface area contributed by atoms with Gasteiger partial charge in [0.05, 0.1) is 5.02 Å². The van der Waals surface area contributed by atoms with Gasteiger partial charge >= 0.3 is 0 Å². The van der Waals surface area contributed by atoms with Crippen LogP contribution in [0.15, 0.2) is 29.6 Å². The second kappa shape index (κ2) is 5.17. The van der Waals surface area contributed by atoms with Gasteiger partial charge in [-0.15, -0.1) is 11.3 Å². The molecule has 2 N–H and O–H groups in total. The Kier molecular flexibility index (Phi) is 3.82. The molecular formula is C13H13ClFNS. The van der Waals surface area contributed by atoms with Gasteiger partial charge in [0.25, 0.3) is 0 Å². The Morgan fingerprint density at radius 2 is 2.18 bits per heavy atom. The van der Waals surface area contributed by atoms with Crippen LogP contribution in [0.3, 0.4) is 0 Å². The first-order chi connectivity index (χ1) is 8.08. The van der Waals surface area contributed by atoms with Crippen molar-refractivity contribution in [3.63, 3.8) is 0 Å². The molecule has 4 heteroatoms. The maximum Gasteiger partial charge on any atom is 0.123 e. The van der Waals surface area contributed by atoms with Crippen LogP contribution >= 0.6 is 22.9 Å². The average molecular weight is 270 g/mol. The zero-order valence-corrected chi connectivity index (χ0v) is 11.0. The summed E-state index contributed by atoms with van der Waals surface area (Å²) < 4.78 is 13.0. The van der Waals surface area contributed by atoms with E-state index in [9.17, 15) is 4.39 Å². The lowest BCUT2D eigenvalue weighted by Gasteiger charge is -2.12. The number of halogens is 2. The summed E-state index contributed by atoms with van der Waals surface area (Å²) >= 11 is 7.59. The second-order valence-corrected chi connectivity index (χ2v) is 5.37. The van der Waals surface area contributed by atoms with E-state index in [-0.39, 0.29) is 11.9 Å². The van der Waals surface area contributed by atoms with E-state index in [2.05, 4.69) is 0 Å². The molecule has 0 fully saturated rings. The summed E-state index contributed by atoms with van der Waals surface area (Å²) in [6.45, 7) is 1.89. The number of rotatable bonds is 3. The number of benzene rings is 1. The Hall–Kier alpha value is -0.900. The maximum absolute atomic E-state index is 13.0. The highest BCUT2D eigenvalue weighted by molar-refractivity contribution is 7.10. The van der Waals surface area contributed by atoms with E-state index in [1.165, 1.54) is 12.1 Å². The van der Waals surface area contributed by atoms with Crippen molar-refractivity contribution >= 4 is 22.9 Å². The summed E-state index contributed by atoms with van der Waals surface area (Å²) in [6.07, 6.45) is 0.673. The standard InChI is InChI=1S/C13H13ClFNS/c1-8-6-10(15)3-2-9(8)7-12(16)13-11(14)4-5-17-13/h2-6,12H,7,16H2,1H3. The monoisotopic (exact) mass is 269 g/mol. The highest BCUT2D eigenvalue weighted by Crippen LogP contribution is 2.29. The van der Waals surface area contributed by atoms with Crippen LogP contribution in [0.2, 0.25) is 5.02 Å². The molecule has 90 valence electrons. The quantitative estimate of drug-likeness (QED) is 0.892. The van der Waals surface area contributed by atoms with E-state index < -0.39 is 0 Å². The minimum absolute atomic E-state index is 0.133. The zero-order valence-electron chi connectivity index (χ0n) is 9.41. The van der Waals surface area contributed by atoms with Crippen molar-refractivity contribution in [2.75, 3.05) is 0 Å². The van der Waals surface area contributed by atoms with Gasteiger partial charge in [-0.05, 0) is 48.1 Å². The van der Waals surface area contributed by atoms with Crippen LogP contribution < -0.4 is 5.73 Å². The third kappa shape index (κ3) is 2.86. The molecule has 0 aliphatic heterocycles. The van der Waals surface area contributed by atoms with Crippen molar-refractivity contribution in [2.45, 2.75) is 19.4 Å². The van der Waals surface area contributed by atoms with Crippen molar-refractivity contribution in [3.05, 3.63) is 56.5 Å². The van der Waals surface area contributed by atoms with Crippen LogP contribution in [0.4, 0.5) is 4.39 Å². The minimum Gasteiger partial charge on any atom is -0.323 e. The van der Waals surface area contributed by atoms with Crippen molar-refractivity contribution < 1.29 is 4.39 Å². The molecule has 2 aromatic rings. The largest absolute Gasteiger partial charge is 0.323 e. The predicted molar refractivity (Wildman–Crippen MR) is 71.1 cm³/mol. The summed E-state index contributed by atoms with van der Waals surface area (Å²) in [5, 5.41) is 2.64. The first-order valence-corrected chi connectivity index (χ1v) is 6.57. The first kappa shape index (κ1) is 12.6. The van der Waals surface area contributed by atoms with Gasteiger partial charge in [-0.3, -0.25) is 0 Å². The van der Waals surface area contributed by atoms with E-state index in [0.29, 0.717) is 11.4 Å². The molecule has 0 aliphatic carbocycles. The molecule has 0 aliphatic rings. The third-order valence-corrected chi connectivity index (χ3v) is 4.22. The molecule has 1 nitrogen and oxygen atoms in total. The van der Waals surface area contributed by atoms with Gasteiger partial charge in [0.1, 0.15) is 5.82 Å². The van der Waals surface area contributed by atoms with E-state index in [1.54, 1.807) is 17.4 Å². The zero-order chi connectivity index (χ0) is 12.4. The van der Waals surface area contributed by atoms with E-state index in [4.69, 9.17) is 17.3 Å². The predicted octanol–water partition coefficient (Wildman–Crippen LogP) is 4.09. The Morgan fingerprint density at radius 3 is 2.76 bits per heavy atom. The molecule has 0 radical (unpaired) electrons. The van der Waals surface area contributed by atoms with Gasteiger partial charge in [0, 0.05) is 10.9 Å². The van der Waals surface area contributed by atoms with Crippen molar-refractivity contribution in [2.24, 2.45) is 5.73 Å². The second-order valence-electron chi connectivity index (χ2n) is 4.01. The van der Waals surface area contributed by atoms with Gasteiger partial charge in [-0.25, -0.2) is 4.39 Å². The van der Waals surface area contributed by atoms with Crippen LogP contribution in [0.1, 0.15) is 22.0 Å². The number of hydrogen-bond acceptors (Lipinski definition) is 2. The Morgan fingerprint density at radius 1 is 1.41 bits per heavy atom. The van der Waals surface area contributed by atoms with E-state index >= 15 is 0 Å². The van der Waals surface area contributed by atoms with E-state index in [0.717, 1.165) is 16.0 Å². The molecule has 1 unspecified atom stereocenters. The molecule has 1 aromatic heterocycles. The highest BCUT2D eigenvalue weighted by atomic mass is 35.5. The van der Waals surface area contributed by atoms with Crippen molar-refractivity contribution in [1.82, 2.24) is 0 Å².